The predicted molar refractivity (Wildman–Crippen MR) is 73.1 cm³/mol. The Hall–Kier alpha value is -1.49. The zero-order chi connectivity index (χ0) is 14.9. The normalized spacial score (nSPS) is 22.7. The maximum absolute atomic E-state index is 13.8. The molecule has 1 N–H and O–H groups in total. The molecule has 2 rings (SSSR count). The fraction of sp³-hybridized carbons (Fsp3) is 0.533. The van der Waals surface area contributed by atoms with Gasteiger partial charge in [0.15, 0.2) is 0 Å². The first kappa shape index (κ1) is 14.9. The number of carbonyl (C=O) groups is 1. The lowest BCUT2D eigenvalue weighted by Crippen LogP contribution is -2.36. The topological polar surface area (TPSA) is 32.3 Å². The van der Waals surface area contributed by atoms with Crippen molar-refractivity contribution in [2.45, 2.75) is 19.4 Å². The van der Waals surface area contributed by atoms with Gasteiger partial charge in [-0.15, -0.1) is 0 Å². The minimum atomic E-state index is -0.585. The summed E-state index contributed by atoms with van der Waals surface area (Å²) in [4.78, 5) is 13.5. The second-order valence-corrected chi connectivity index (χ2v) is 5.68. The van der Waals surface area contributed by atoms with Gasteiger partial charge in [-0.2, -0.15) is 0 Å². The van der Waals surface area contributed by atoms with E-state index in [0.29, 0.717) is 5.92 Å². The number of nitrogens with one attached hydrogen (secondary N) is 1. The second-order valence-electron chi connectivity index (χ2n) is 5.68. The van der Waals surface area contributed by atoms with Crippen molar-refractivity contribution in [2.24, 2.45) is 11.8 Å². The summed E-state index contributed by atoms with van der Waals surface area (Å²) in [5.41, 5.74) is 0.00152. The van der Waals surface area contributed by atoms with E-state index in [0.717, 1.165) is 6.42 Å². The number of amides is 1. The fourth-order valence-corrected chi connectivity index (χ4v) is 2.39. The molecule has 1 aliphatic carbocycles. The third kappa shape index (κ3) is 3.15. The molecular weight excluding hydrogens is 262 g/mol. The smallest absolute Gasteiger partial charge is 0.223 e. The third-order valence-corrected chi connectivity index (χ3v) is 3.87. The highest BCUT2D eigenvalue weighted by molar-refractivity contribution is 5.81. The number of halogens is 2. The Morgan fingerprint density at radius 2 is 1.95 bits per heavy atom. The maximum atomic E-state index is 13.8. The zero-order valence-corrected chi connectivity index (χ0v) is 12.0. The molecule has 0 radical (unpaired) electrons. The molecule has 0 spiro atoms. The van der Waals surface area contributed by atoms with Gasteiger partial charge >= 0.3 is 0 Å². The Labute approximate surface area is 118 Å². The summed E-state index contributed by atoms with van der Waals surface area (Å²) < 4.78 is 27.7. The molecule has 0 aliphatic heterocycles. The summed E-state index contributed by atoms with van der Waals surface area (Å²) in [7, 11) is 3.48. The van der Waals surface area contributed by atoms with Gasteiger partial charge < -0.3 is 10.2 Å². The average molecular weight is 282 g/mol. The summed E-state index contributed by atoms with van der Waals surface area (Å²) >= 11 is 0. The van der Waals surface area contributed by atoms with E-state index in [1.165, 1.54) is 18.2 Å². The van der Waals surface area contributed by atoms with Gasteiger partial charge in [-0.1, -0.05) is 13.0 Å². The van der Waals surface area contributed by atoms with Gasteiger partial charge in [-0.05, 0) is 38.6 Å². The molecule has 3 nitrogen and oxygen atoms in total. The molecule has 1 amide bonds. The number of hydrogen-bond acceptors (Lipinski definition) is 2. The van der Waals surface area contributed by atoms with E-state index >= 15 is 0 Å². The molecule has 0 bridgehead atoms. The van der Waals surface area contributed by atoms with Crippen LogP contribution in [0.4, 0.5) is 8.78 Å². The van der Waals surface area contributed by atoms with Gasteiger partial charge in [0.1, 0.15) is 11.6 Å². The van der Waals surface area contributed by atoms with Crippen LogP contribution in [0, 0.1) is 23.5 Å². The Morgan fingerprint density at radius 3 is 2.40 bits per heavy atom. The van der Waals surface area contributed by atoms with Crippen molar-refractivity contribution in [3.8, 4) is 0 Å². The minimum Gasteiger partial charge on any atom is -0.354 e. The molecule has 3 unspecified atom stereocenters. The number of rotatable bonds is 5. The molecule has 0 saturated heterocycles. The summed E-state index contributed by atoms with van der Waals surface area (Å²) in [6.07, 6.45) is 0.895. The number of hydrogen-bond donors (Lipinski definition) is 1. The summed E-state index contributed by atoms with van der Waals surface area (Å²) in [6, 6.07) is 3.29. The zero-order valence-electron chi connectivity index (χ0n) is 12.0. The molecule has 0 aromatic heterocycles. The largest absolute Gasteiger partial charge is 0.354 e. The number of nitrogens with zero attached hydrogens (tertiary/aromatic N) is 1. The average Bonchev–Trinajstić information content (AvgIpc) is 3.09. The number of carbonyl (C=O) groups excluding carboxylic acids is 1. The Morgan fingerprint density at radius 1 is 1.40 bits per heavy atom. The van der Waals surface area contributed by atoms with Crippen molar-refractivity contribution in [3.05, 3.63) is 35.4 Å². The third-order valence-electron chi connectivity index (χ3n) is 3.87. The first-order valence-corrected chi connectivity index (χ1v) is 6.80. The lowest BCUT2D eigenvalue weighted by Gasteiger charge is -2.25. The van der Waals surface area contributed by atoms with Gasteiger partial charge in [-0.3, -0.25) is 4.79 Å². The van der Waals surface area contributed by atoms with Crippen LogP contribution in [0.25, 0.3) is 0 Å². The van der Waals surface area contributed by atoms with E-state index in [-0.39, 0.29) is 23.9 Å². The predicted octanol–water partition coefficient (Wildman–Crippen LogP) is 2.34. The van der Waals surface area contributed by atoms with E-state index in [9.17, 15) is 13.6 Å². The van der Waals surface area contributed by atoms with Gasteiger partial charge in [-0.25, -0.2) is 8.78 Å². The minimum absolute atomic E-state index is 0.00152. The fourth-order valence-electron chi connectivity index (χ4n) is 2.39. The second kappa shape index (κ2) is 5.87. The first-order chi connectivity index (χ1) is 9.41. The van der Waals surface area contributed by atoms with Crippen LogP contribution in [0.2, 0.25) is 0 Å². The van der Waals surface area contributed by atoms with Crippen LogP contribution in [-0.2, 0) is 4.79 Å². The summed E-state index contributed by atoms with van der Waals surface area (Å²) in [5, 5.41) is 2.80. The van der Waals surface area contributed by atoms with Crippen molar-refractivity contribution >= 4 is 5.91 Å². The molecule has 110 valence electrons. The monoisotopic (exact) mass is 282 g/mol. The Kier molecular flexibility index (Phi) is 4.38. The maximum Gasteiger partial charge on any atom is 0.223 e. The summed E-state index contributed by atoms with van der Waals surface area (Å²) in [6.45, 7) is 2.22. The van der Waals surface area contributed by atoms with Gasteiger partial charge in [0.2, 0.25) is 5.91 Å². The van der Waals surface area contributed by atoms with Crippen molar-refractivity contribution < 1.29 is 13.6 Å². The van der Waals surface area contributed by atoms with Crippen molar-refractivity contribution in [1.29, 1.82) is 0 Å². The quantitative estimate of drug-likeness (QED) is 0.899. The number of benzene rings is 1. The van der Waals surface area contributed by atoms with Crippen LogP contribution in [-0.4, -0.2) is 31.4 Å². The Balaban J connectivity index is 2.09. The SMILES string of the molecule is CC1CC1C(=O)NCC(c1c(F)cccc1F)N(C)C. The molecule has 1 aromatic carbocycles. The number of likely N-dealkylation sites (N-methyl/N-ethyl adjacent to an activating group) is 1. The molecule has 0 heterocycles. The lowest BCUT2D eigenvalue weighted by molar-refractivity contribution is -0.122. The van der Waals surface area contributed by atoms with E-state index < -0.39 is 17.7 Å². The molecule has 3 atom stereocenters. The van der Waals surface area contributed by atoms with E-state index in [4.69, 9.17) is 0 Å². The molecule has 1 fully saturated rings. The summed E-state index contributed by atoms with van der Waals surface area (Å²) in [5.74, 6) is -0.724. The molecule has 1 aliphatic rings. The van der Waals surface area contributed by atoms with Gasteiger partial charge in [0.05, 0.1) is 6.04 Å². The van der Waals surface area contributed by atoms with Crippen LogP contribution < -0.4 is 5.32 Å². The standard InChI is InChI=1S/C15H20F2N2O/c1-9-7-10(9)15(20)18-8-13(19(2)3)14-11(16)5-4-6-12(14)17/h4-6,9-10,13H,7-8H2,1-3H3,(H,18,20). The van der Waals surface area contributed by atoms with Gasteiger partial charge in [0.25, 0.3) is 0 Å². The molecule has 20 heavy (non-hydrogen) atoms. The van der Waals surface area contributed by atoms with Crippen LogP contribution in [0.15, 0.2) is 18.2 Å². The molecular formula is C15H20F2N2O. The van der Waals surface area contributed by atoms with Crippen molar-refractivity contribution in [2.75, 3.05) is 20.6 Å². The lowest BCUT2D eigenvalue weighted by atomic mass is 10.0. The Bertz CT molecular complexity index is 484. The first-order valence-electron chi connectivity index (χ1n) is 6.80. The molecule has 1 aromatic rings. The highest BCUT2D eigenvalue weighted by Gasteiger charge is 2.39. The van der Waals surface area contributed by atoms with Gasteiger partial charge in [0, 0.05) is 18.0 Å². The van der Waals surface area contributed by atoms with Crippen LogP contribution in [0.5, 0.6) is 0 Å². The van der Waals surface area contributed by atoms with Crippen LogP contribution >= 0.6 is 0 Å². The van der Waals surface area contributed by atoms with Crippen LogP contribution in [0.1, 0.15) is 24.9 Å². The van der Waals surface area contributed by atoms with E-state index in [1.807, 2.05) is 6.92 Å². The highest BCUT2D eigenvalue weighted by atomic mass is 19.1. The van der Waals surface area contributed by atoms with Crippen molar-refractivity contribution in [1.82, 2.24) is 10.2 Å². The molecule has 5 heteroatoms. The molecule has 1 saturated carbocycles. The highest BCUT2D eigenvalue weighted by Crippen LogP contribution is 2.37. The van der Waals surface area contributed by atoms with E-state index in [2.05, 4.69) is 5.32 Å². The van der Waals surface area contributed by atoms with E-state index in [1.54, 1.807) is 19.0 Å². The van der Waals surface area contributed by atoms with Crippen LogP contribution in [0.3, 0.4) is 0 Å². The van der Waals surface area contributed by atoms with Crippen molar-refractivity contribution in [3.63, 3.8) is 0 Å².